The van der Waals surface area contributed by atoms with Gasteiger partial charge in [0.05, 0.1) is 5.56 Å². The molecule has 0 unspecified atom stereocenters. The lowest BCUT2D eigenvalue weighted by molar-refractivity contribution is 0.0734. The van der Waals surface area contributed by atoms with Gasteiger partial charge in [-0.2, -0.15) is 0 Å². The van der Waals surface area contributed by atoms with Gasteiger partial charge in [-0.1, -0.05) is 13.3 Å². The second-order valence-corrected chi connectivity index (χ2v) is 5.64. The van der Waals surface area contributed by atoms with Crippen molar-refractivity contribution in [1.29, 1.82) is 5.41 Å². The molecule has 0 radical (unpaired) electrons. The van der Waals surface area contributed by atoms with Gasteiger partial charge >= 0.3 is 5.97 Å². The van der Waals surface area contributed by atoms with E-state index in [0.717, 1.165) is 12.8 Å². The summed E-state index contributed by atoms with van der Waals surface area (Å²) in [6, 6.07) is 12.8. The molecule has 1 amide bonds. The number of carbonyl (C=O) groups is 2. The number of nitrogens with one attached hydrogen (secondary N) is 3. The minimum absolute atomic E-state index is 0.148. The number of esters is 1. The number of hydrogen-bond donors (Lipinski definition) is 4. The highest BCUT2D eigenvalue weighted by Gasteiger charge is 2.10. The second-order valence-electron chi connectivity index (χ2n) is 5.64. The lowest BCUT2D eigenvalue weighted by Crippen LogP contribution is -2.24. The first kappa shape index (κ1) is 19.0. The molecule has 0 spiro atoms. The Morgan fingerprint density at radius 3 is 2.23 bits per heavy atom. The number of amides is 1. The molecule has 5 N–H and O–H groups in total. The number of ether oxygens (including phenoxy) is 1. The number of anilines is 1. The Morgan fingerprint density at radius 2 is 1.65 bits per heavy atom. The van der Waals surface area contributed by atoms with Gasteiger partial charge < -0.3 is 21.1 Å². The van der Waals surface area contributed by atoms with E-state index in [9.17, 15) is 9.59 Å². The van der Waals surface area contributed by atoms with Crippen LogP contribution in [0.15, 0.2) is 48.5 Å². The summed E-state index contributed by atoms with van der Waals surface area (Å²) in [6.45, 7) is 2.70. The molecule has 136 valence electrons. The average molecular weight is 354 g/mol. The number of nitrogens with two attached hydrogens (primary N) is 1. The fourth-order valence-corrected chi connectivity index (χ4v) is 2.17. The second kappa shape index (κ2) is 9.22. The molecule has 0 aromatic heterocycles. The predicted molar refractivity (Wildman–Crippen MR) is 101 cm³/mol. The van der Waals surface area contributed by atoms with Crippen LogP contribution in [0.3, 0.4) is 0 Å². The Balaban J connectivity index is 1.94. The molecule has 0 saturated heterocycles. The number of benzene rings is 2. The molecule has 0 aliphatic carbocycles. The van der Waals surface area contributed by atoms with Crippen molar-refractivity contribution in [3.05, 3.63) is 59.7 Å². The van der Waals surface area contributed by atoms with Gasteiger partial charge in [0.1, 0.15) is 5.75 Å². The third kappa shape index (κ3) is 5.62. The largest absolute Gasteiger partial charge is 0.423 e. The maximum absolute atomic E-state index is 12.2. The van der Waals surface area contributed by atoms with Crippen molar-refractivity contribution in [2.45, 2.75) is 19.8 Å². The summed E-state index contributed by atoms with van der Waals surface area (Å²) in [5.41, 5.74) is 6.72. The Hall–Kier alpha value is -3.35. The van der Waals surface area contributed by atoms with Gasteiger partial charge in [-0.25, -0.2) is 4.79 Å². The summed E-state index contributed by atoms with van der Waals surface area (Å²) in [6.07, 6.45) is 1.95. The van der Waals surface area contributed by atoms with Crippen LogP contribution < -0.4 is 21.1 Å². The van der Waals surface area contributed by atoms with Crippen molar-refractivity contribution in [2.75, 3.05) is 11.9 Å². The van der Waals surface area contributed by atoms with Crippen LogP contribution in [0.2, 0.25) is 0 Å². The third-order valence-electron chi connectivity index (χ3n) is 3.54. The minimum Gasteiger partial charge on any atom is -0.423 e. The molecule has 2 aromatic carbocycles. The molecule has 7 heteroatoms. The van der Waals surface area contributed by atoms with E-state index in [1.165, 1.54) is 0 Å². The van der Waals surface area contributed by atoms with Crippen LogP contribution >= 0.6 is 0 Å². The summed E-state index contributed by atoms with van der Waals surface area (Å²) in [4.78, 5) is 24.1. The normalized spacial score (nSPS) is 10.0. The van der Waals surface area contributed by atoms with E-state index >= 15 is 0 Å². The maximum Gasteiger partial charge on any atom is 0.343 e. The van der Waals surface area contributed by atoms with E-state index < -0.39 is 5.97 Å². The lowest BCUT2D eigenvalue weighted by Gasteiger charge is -2.08. The SMILES string of the molecule is CCCCNC(=O)c1ccc(OC(=O)c2ccc(NC(=N)N)cc2)cc1. The highest BCUT2D eigenvalue weighted by molar-refractivity contribution is 5.95. The highest BCUT2D eigenvalue weighted by atomic mass is 16.5. The van der Waals surface area contributed by atoms with E-state index in [1.807, 2.05) is 0 Å². The summed E-state index contributed by atoms with van der Waals surface area (Å²) in [5.74, 6) is -0.491. The standard InChI is InChI=1S/C19H22N4O3/c1-2-3-12-22-17(24)13-6-10-16(11-7-13)26-18(25)14-4-8-15(9-5-14)23-19(20)21/h4-11H,2-3,12H2,1H3,(H,22,24)(H4,20,21,23). The summed E-state index contributed by atoms with van der Waals surface area (Å²) < 4.78 is 5.30. The molecule has 0 bridgehead atoms. The van der Waals surface area contributed by atoms with Crippen molar-refractivity contribution >= 4 is 23.5 Å². The van der Waals surface area contributed by atoms with Crippen LogP contribution in [-0.2, 0) is 0 Å². The highest BCUT2D eigenvalue weighted by Crippen LogP contribution is 2.16. The average Bonchev–Trinajstić information content (AvgIpc) is 2.62. The molecular weight excluding hydrogens is 332 g/mol. The molecule has 2 rings (SSSR count). The Labute approximate surface area is 152 Å². The third-order valence-corrected chi connectivity index (χ3v) is 3.54. The van der Waals surface area contributed by atoms with Gasteiger partial charge in [0.15, 0.2) is 5.96 Å². The van der Waals surface area contributed by atoms with Crippen molar-refractivity contribution in [3.63, 3.8) is 0 Å². The molecule has 0 aliphatic rings. The quantitative estimate of drug-likeness (QED) is 0.200. The summed E-state index contributed by atoms with van der Waals surface area (Å²) in [5, 5.41) is 12.6. The molecule has 2 aromatic rings. The molecule has 0 aliphatic heterocycles. The Morgan fingerprint density at radius 1 is 1.04 bits per heavy atom. The zero-order valence-electron chi connectivity index (χ0n) is 14.5. The fraction of sp³-hybridized carbons (Fsp3) is 0.211. The van der Waals surface area contributed by atoms with Crippen molar-refractivity contribution in [1.82, 2.24) is 5.32 Å². The monoisotopic (exact) mass is 354 g/mol. The van der Waals surface area contributed by atoms with Gasteiger partial charge in [-0.15, -0.1) is 0 Å². The number of guanidine groups is 1. The van der Waals surface area contributed by atoms with Gasteiger partial charge in [0.25, 0.3) is 5.91 Å². The van der Waals surface area contributed by atoms with E-state index in [-0.39, 0.29) is 11.9 Å². The van der Waals surface area contributed by atoms with E-state index in [0.29, 0.717) is 29.1 Å². The number of rotatable bonds is 7. The van der Waals surface area contributed by atoms with Crippen molar-refractivity contribution in [2.24, 2.45) is 5.73 Å². The predicted octanol–water partition coefficient (Wildman–Crippen LogP) is 2.74. The first-order valence-electron chi connectivity index (χ1n) is 8.31. The van der Waals surface area contributed by atoms with Gasteiger partial charge in [0, 0.05) is 17.8 Å². The van der Waals surface area contributed by atoms with E-state index in [1.54, 1.807) is 48.5 Å². The molecule has 7 nitrogen and oxygen atoms in total. The molecule has 0 saturated carbocycles. The van der Waals surface area contributed by atoms with Gasteiger partial charge in [-0.05, 0) is 55.0 Å². The molecular formula is C19H22N4O3. The maximum atomic E-state index is 12.2. The number of hydrogen-bond acceptors (Lipinski definition) is 4. The van der Waals surface area contributed by atoms with Crippen molar-refractivity contribution in [3.8, 4) is 5.75 Å². The lowest BCUT2D eigenvalue weighted by atomic mass is 10.2. The molecule has 26 heavy (non-hydrogen) atoms. The minimum atomic E-state index is -0.514. The molecule has 0 atom stereocenters. The first-order chi connectivity index (χ1) is 12.5. The zero-order valence-corrected chi connectivity index (χ0v) is 14.5. The van der Waals surface area contributed by atoms with Crippen LogP contribution in [-0.4, -0.2) is 24.4 Å². The van der Waals surface area contributed by atoms with Crippen LogP contribution in [0.25, 0.3) is 0 Å². The van der Waals surface area contributed by atoms with Gasteiger partial charge in [0.2, 0.25) is 0 Å². The van der Waals surface area contributed by atoms with Crippen LogP contribution in [0.5, 0.6) is 5.75 Å². The number of unbranched alkanes of at least 4 members (excludes halogenated alkanes) is 1. The fourth-order valence-electron chi connectivity index (χ4n) is 2.17. The zero-order chi connectivity index (χ0) is 18.9. The smallest absolute Gasteiger partial charge is 0.343 e. The van der Waals surface area contributed by atoms with E-state index in [2.05, 4.69) is 17.6 Å². The van der Waals surface area contributed by atoms with Crippen LogP contribution in [0, 0.1) is 5.41 Å². The topological polar surface area (TPSA) is 117 Å². The summed E-state index contributed by atoms with van der Waals surface area (Å²) in [7, 11) is 0. The van der Waals surface area contributed by atoms with Crippen LogP contribution in [0.4, 0.5) is 5.69 Å². The number of carbonyl (C=O) groups excluding carboxylic acids is 2. The van der Waals surface area contributed by atoms with E-state index in [4.69, 9.17) is 15.9 Å². The first-order valence-corrected chi connectivity index (χ1v) is 8.31. The Bertz CT molecular complexity index is 770. The Kier molecular flexibility index (Phi) is 6.73. The van der Waals surface area contributed by atoms with Crippen LogP contribution in [0.1, 0.15) is 40.5 Å². The molecule has 0 heterocycles. The van der Waals surface area contributed by atoms with Crippen molar-refractivity contribution < 1.29 is 14.3 Å². The van der Waals surface area contributed by atoms with Gasteiger partial charge in [-0.3, -0.25) is 10.2 Å². The molecule has 0 fully saturated rings. The summed E-state index contributed by atoms with van der Waals surface area (Å²) >= 11 is 0.